The summed E-state index contributed by atoms with van der Waals surface area (Å²) in [5.41, 5.74) is 6.58. The van der Waals surface area contributed by atoms with E-state index in [9.17, 15) is 9.59 Å². The predicted octanol–water partition coefficient (Wildman–Crippen LogP) is 0.120. The topological polar surface area (TPSA) is 102 Å². The summed E-state index contributed by atoms with van der Waals surface area (Å²) in [4.78, 5) is 22.1. The average molecular weight is 266 g/mol. The van der Waals surface area contributed by atoms with E-state index in [1.54, 1.807) is 0 Å². The van der Waals surface area contributed by atoms with Crippen LogP contribution in [0.3, 0.4) is 0 Å². The first-order valence-corrected chi connectivity index (χ1v) is 5.91. The highest BCUT2D eigenvalue weighted by atomic mass is 16.5. The minimum absolute atomic E-state index is 0.0348. The largest absolute Gasteiger partial charge is 0.480 e. The van der Waals surface area contributed by atoms with E-state index in [-0.39, 0.29) is 6.61 Å². The lowest BCUT2D eigenvalue weighted by molar-refractivity contribution is -0.141. The molecule has 2 atom stereocenters. The van der Waals surface area contributed by atoms with Gasteiger partial charge in [-0.05, 0) is 12.5 Å². The number of hydrogen-bond acceptors (Lipinski definition) is 4. The molecule has 0 radical (unpaired) electrons. The first-order valence-electron chi connectivity index (χ1n) is 5.91. The van der Waals surface area contributed by atoms with Gasteiger partial charge in [0.25, 0.3) is 0 Å². The third kappa shape index (κ3) is 5.50. The van der Waals surface area contributed by atoms with Gasteiger partial charge in [0.1, 0.15) is 12.1 Å². The lowest BCUT2D eigenvalue weighted by Gasteiger charge is -2.15. The molecule has 0 spiro atoms. The van der Waals surface area contributed by atoms with Crippen molar-refractivity contribution in [3.8, 4) is 0 Å². The maximum Gasteiger partial charge on any atom is 0.325 e. The van der Waals surface area contributed by atoms with E-state index in [2.05, 4.69) is 5.32 Å². The number of rotatable bonds is 7. The Bertz CT molecular complexity index is 422. The number of amides is 1. The predicted molar refractivity (Wildman–Crippen MR) is 69.3 cm³/mol. The van der Waals surface area contributed by atoms with Gasteiger partial charge in [-0.15, -0.1) is 0 Å². The molecule has 1 amide bonds. The number of ether oxygens (including phenoxy) is 1. The zero-order valence-corrected chi connectivity index (χ0v) is 10.7. The van der Waals surface area contributed by atoms with E-state index >= 15 is 0 Å². The molecule has 1 rings (SSSR count). The Morgan fingerprint density at radius 3 is 2.58 bits per heavy atom. The van der Waals surface area contributed by atoms with Gasteiger partial charge in [-0.2, -0.15) is 0 Å². The molecule has 0 unspecified atom stereocenters. The average Bonchev–Trinajstić information content (AvgIpc) is 2.39. The highest BCUT2D eigenvalue weighted by Gasteiger charge is 2.19. The number of carbonyl (C=O) groups is 2. The van der Waals surface area contributed by atoms with E-state index in [4.69, 9.17) is 15.6 Å². The Hall–Kier alpha value is -1.92. The molecule has 0 saturated carbocycles. The fraction of sp³-hybridized carbons (Fsp3) is 0.385. The molecular formula is C13H18N2O4. The molecule has 0 aliphatic carbocycles. The Morgan fingerprint density at radius 1 is 1.37 bits per heavy atom. The SMILES string of the molecule is C[C@H](NC(=O)[C@H](N)COCc1ccccc1)C(=O)O. The van der Waals surface area contributed by atoms with Crippen LogP contribution < -0.4 is 11.1 Å². The van der Waals surface area contributed by atoms with Gasteiger partial charge < -0.3 is 20.9 Å². The number of benzene rings is 1. The summed E-state index contributed by atoms with van der Waals surface area (Å²) in [5.74, 6) is -1.64. The van der Waals surface area contributed by atoms with Crippen molar-refractivity contribution < 1.29 is 19.4 Å². The summed E-state index contributed by atoms with van der Waals surface area (Å²) in [7, 11) is 0. The van der Waals surface area contributed by atoms with Crippen molar-refractivity contribution in [2.24, 2.45) is 5.73 Å². The maximum atomic E-state index is 11.5. The van der Waals surface area contributed by atoms with E-state index in [0.29, 0.717) is 6.61 Å². The van der Waals surface area contributed by atoms with Crippen LogP contribution in [0.25, 0.3) is 0 Å². The van der Waals surface area contributed by atoms with Crippen LogP contribution in [0.5, 0.6) is 0 Å². The zero-order valence-electron chi connectivity index (χ0n) is 10.7. The molecule has 0 aromatic heterocycles. The second kappa shape index (κ2) is 7.50. The Morgan fingerprint density at radius 2 is 2.00 bits per heavy atom. The third-order valence-electron chi connectivity index (χ3n) is 2.47. The summed E-state index contributed by atoms with van der Waals surface area (Å²) in [6, 6.07) is 7.63. The van der Waals surface area contributed by atoms with Gasteiger partial charge in [0.05, 0.1) is 13.2 Å². The molecule has 19 heavy (non-hydrogen) atoms. The van der Waals surface area contributed by atoms with Gasteiger partial charge in [0.2, 0.25) is 5.91 Å². The second-order valence-electron chi connectivity index (χ2n) is 4.18. The quantitative estimate of drug-likeness (QED) is 0.650. The normalized spacial score (nSPS) is 13.6. The number of carboxylic acids is 1. The van der Waals surface area contributed by atoms with Crippen molar-refractivity contribution in [1.29, 1.82) is 0 Å². The van der Waals surface area contributed by atoms with Crippen LogP contribution in [0.2, 0.25) is 0 Å². The molecule has 0 heterocycles. The first kappa shape index (κ1) is 15.1. The number of carboxylic acid groups (broad SMARTS) is 1. The van der Waals surface area contributed by atoms with Gasteiger partial charge in [0, 0.05) is 0 Å². The van der Waals surface area contributed by atoms with Crippen molar-refractivity contribution in [3.63, 3.8) is 0 Å². The molecule has 0 fully saturated rings. The molecule has 6 heteroatoms. The molecule has 0 bridgehead atoms. The highest BCUT2D eigenvalue weighted by Crippen LogP contribution is 2.00. The van der Waals surface area contributed by atoms with Crippen molar-refractivity contribution in [1.82, 2.24) is 5.32 Å². The van der Waals surface area contributed by atoms with Gasteiger partial charge in [-0.25, -0.2) is 0 Å². The number of nitrogens with two attached hydrogens (primary N) is 1. The lowest BCUT2D eigenvalue weighted by atomic mass is 10.2. The number of hydrogen-bond donors (Lipinski definition) is 3. The number of nitrogens with one attached hydrogen (secondary N) is 1. The van der Waals surface area contributed by atoms with Crippen molar-refractivity contribution >= 4 is 11.9 Å². The Labute approximate surface area is 111 Å². The monoisotopic (exact) mass is 266 g/mol. The van der Waals surface area contributed by atoms with Crippen LogP contribution in [0, 0.1) is 0 Å². The molecule has 1 aromatic rings. The van der Waals surface area contributed by atoms with Gasteiger partial charge in [-0.3, -0.25) is 9.59 Å². The van der Waals surface area contributed by atoms with Crippen LogP contribution in [0.4, 0.5) is 0 Å². The van der Waals surface area contributed by atoms with Crippen LogP contribution in [0.15, 0.2) is 30.3 Å². The summed E-state index contributed by atoms with van der Waals surface area (Å²) < 4.78 is 5.31. The van der Waals surface area contributed by atoms with Crippen LogP contribution >= 0.6 is 0 Å². The minimum Gasteiger partial charge on any atom is -0.480 e. The van der Waals surface area contributed by atoms with E-state index in [0.717, 1.165) is 5.56 Å². The van der Waals surface area contributed by atoms with Crippen molar-refractivity contribution in [2.75, 3.05) is 6.61 Å². The molecule has 4 N–H and O–H groups in total. The summed E-state index contributed by atoms with van der Waals surface area (Å²) in [6.07, 6.45) is 0. The molecular weight excluding hydrogens is 248 g/mol. The van der Waals surface area contributed by atoms with Crippen LogP contribution in [0.1, 0.15) is 12.5 Å². The zero-order chi connectivity index (χ0) is 14.3. The number of aliphatic carboxylic acids is 1. The maximum absolute atomic E-state index is 11.5. The van der Waals surface area contributed by atoms with Crippen LogP contribution in [-0.4, -0.2) is 35.7 Å². The van der Waals surface area contributed by atoms with Gasteiger partial charge >= 0.3 is 5.97 Å². The lowest BCUT2D eigenvalue weighted by Crippen LogP contribution is -2.49. The molecule has 0 aliphatic heterocycles. The van der Waals surface area contributed by atoms with Crippen LogP contribution in [-0.2, 0) is 20.9 Å². The molecule has 1 aromatic carbocycles. The molecule has 0 saturated heterocycles. The molecule has 104 valence electrons. The standard InChI is InChI=1S/C13H18N2O4/c1-9(13(17)18)15-12(16)11(14)8-19-7-10-5-3-2-4-6-10/h2-6,9,11H,7-8,14H2,1H3,(H,15,16)(H,17,18)/t9-,11+/m0/s1. The molecule has 6 nitrogen and oxygen atoms in total. The first-order chi connectivity index (χ1) is 9.00. The molecule has 0 aliphatic rings. The van der Waals surface area contributed by atoms with Crippen molar-refractivity contribution in [2.45, 2.75) is 25.6 Å². The Kier molecular flexibility index (Phi) is 5.98. The highest BCUT2D eigenvalue weighted by molar-refractivity contribution is 5.86. The van der Waals surface area contributed by atoms with Gasteiger partial charge in [-0.1, -0.05) is 30.3 Å². The summed E-state index contributed by atoms with van der Waals surface area (Å²) >= 11 is 0. The fourth-order valence-corrected chi connectivity index (χ4v) is 1.34. The van der Waals surface area contributed by atoms with E-state index < -0.39 is 24.0 Å². The summed E-state index contributed by atoms with van der Waals surface area (Å²) in [5, 5.41) is 10.9. The van der Waals surface area contributed by atoms with Crippen molar-refractivity contribution in [3.05, 3.63) is 35.9 Å². The third-order valence-corrected chi connectivity index (χ3v) is 2.47. The Balaban J connectivity index is 2.29. The number of carbonyl (C=O) groups excluding carboxylic acids is 1. The second-order valence-corrected chi connectivity index (χ2v) is 4.18. The van der Waals surface area contributed by atoms with Gasteiger partial charge in [0.15, 0.2) is 0 Å². The van der Waals surface area contributed by atoms with E-state index in [1.165, 1.54) is 6.92 Å². The smallest absolute Gasteiger partial charge is 0.325 e. The fourth-order valence-electron chi connectivity index (χ4n) is 1.34. The van der Waals surface area contributed by atoms with E-state index in [1.807, 2.05) is 30.3 Å². The summed E-state index contributed by atoms with van der Waals surface area (Å²) in [6.45, 7) is 1.77. The minimum atomic E-state index is -1.11.